The Balaban J connectivity index is 1.82. The van der Waals surface area contributed by atoms with Gasteiger partial charge in [-0.05, 0) is 60.7 Å². The number of carbonyl (C=O) groups is 1. The summed E-state index contributed by atoms with van der Waals surface area (Å²) in [5.41, 5.74) is 1.09. The fraction of sp³-hybridized carbons (Fsp3) is 0.409. The number of methoxy groups -OCH3 is 1. The van der Waals surface area contributed by atoms with Crippen LogP contribution in [-0.4, -0.2) is 19.6 Å². The van der Waals surface area contributed by atoms with Crippen molar-refractivity contribution in [3.8, 4) is 11.5 Å². The van der Waals surface area contributed by atoms with Crippen LogP contribution in [0.25, 0.3) is 0 Å². The Morgan fingerprint density at radius 2 is 1.67 bits per heavy atom. The molecule has 0 unspecified atom stereocenters. The number of ether oxygens (including phenoxy) is 2. The number of benzene rings is 2. The fourth-order valence-corrected chi connectivity index (χ4v) is 2.93. The van der Waals surface area contributed by atoms with Crippen molar-refractivity contribution in [3.05, 3.63) is 59.1 Å². The second-order valence-corrected chi connectivity index (χ2v) is 7.37. The molecule has 0 heterocycles. The molecular formula is C22H28ClNO3. The second-order valence-electron chi connectivity index (χ2n) is 6.93. The van der Waals surface area contributed by atoms with Gasteiger partial charge >= 0.3 is 0 Å². The number of carbonyl (C=O) groups excluding carboxylic acids is 1. The van der Waals surface area contributed by atoms with Gasteiger partial charge in [0.05, 0.1) is 19.8 Å². The van der Waals surface area contributed by atoms with Gasteiger partial charge in [0.1, 0.15) is 11.5 Å². The minimum Gasteiger partial charge on any atom is -0.497 e. The highest BCUT2D eigenvalue weighted by Crippen LogP contribution is 2.24. The zero-order valence-electron chi connectivity index (χ0n) is 16.2. The van der Waals surface area contributed by atoms with Gasteiger partial charge in [0.2, 0.25) is 5.91 Å². The zero-order valence-corrected chi connectivity index (χ0v) is 17.0. The van der Waals surface area contributed by atoms with Crippen LogP contribution in [0.2, 0.25) is 5.02 Å². The molecule has 0 bridgehead atoms. The molecular weight excluding hydrogens is 362 g/mol. The predicted molar refractivity (Wildman–Crippen MR) is 110 cm³/mol. The van der Waals surface area contributed by atoms with Gasteiger partial charge in [-0.2, -0.15) is 0 Å². The van der Waals surface area contributed by atoms with Gasteiger partial charge in [-0.1, -0.05) is 37.6 Å². The summed E-state index contributed by atoms with van der Waals surface area (Å²) < 4.78 is 10.8. The summed E-state index contributed by atoms with van der Waals surface area (Å²) in [6, 6.07) is 15.1. The van der Waals surface area contributed by atoms with E-state index in [9.17, 15) is 4.79 Å². The van der Waals surface area contributed by atoms with Crippen LogP contribution >= 0.6 is 11.6 Å². The minimum atomic E-state index is 0.000546. The summed E-state index contributed by atoms with van der Waals surface area (Å²) in [6.45, 7) is 4.80. The highest BCUT2D eigenvalue weighted by Gasteiger charge is 2.16. The zero-order chi connectivity index (χ0) is 19.6. The summed E-state index contributed by atoms with van der Waals surface area (Å²) in [5, 5.41) is 3.83. The van der Waals surface area contributed by atoms with Crippen LogP contribution in [-0.2, 0) is 4.79 Å². The van der Waals surface area contributed by atoms with E-state index in [0.29, 0.717) is 30.4 Å². The molecule has 0 saturated heterocycles. The molecule has 0 saturated carbocycles. The highest BCUT2D eigenvalue weighted by molar-refractivity contribution is 6.30. The van der Waals surface area contributed by atoms with E-state index in [1.165, 1.54) is 0 Å². The lowest BCUT2D eigenvalue weighted by molar-refractivity contribution is -0.122. The molecule has 0 radical (unpaired) electrons. The Labute approximate surface area is 166 Å². The molecule has 0 spiro atoms. The van der Waals surface area contributed by atoms with Crippen LogP contribution in [0.5, 0.6) is 11.5 Å². The van der Waals surface area contributed by atoms with Gasteiger partial charge in [-0.15, -0.1) is 0 Å². The molecule has 5 heteroatoms. The van der Waals surface area contributed by atoms with Gasteiger partial charge in [-0.25, -0.2) is 0 Å². The van der Waals surface area contributed by atoms with Gasteiger partial charge in [-0.3, -0.25) is 4.79 Å². The smallest absolute Gasteiger partial charge is 0.220 e. The van der Waals surface area contributed by atoms with Crippen LogP contribution in [0.3, 0.4) is 0 Å². The van der Waals surface area contributed by atoms with E-state index in [0.717, 1.165) is 23.5 Å². The predicted octanol–water partition coefficient (Wildman–Crippen LogP) is 5.41. The molecule has 146 valence electrons. The Kier molecular flexibility index (Phi) is 8.46. The topological polar surface area (TPSA) is 47.6 Å². The normalized spacial score (nSPS) is 11.9. The van der Waals surface area contributed by atoms with Gasteiger partial charge in [0.15, 0.2) is 0 Å². The number of amides is 1. The Morgan fingerprint density at radius 3 is 2.26 bits per heavy atom. The molecule has 0 aliphatic rings. The fourth-order valence-electron chi connectivity index (χ4n) is 2.81. The number of nitrogens with one attached hydrogen (secondary N) is 1. The quantitative estimate of drug-likeness (QED) is 0.552. The minimum absolute atomic E-state index is 0.000546. The standard InChI is InChI=1S/C22H28ClNO3/c1-16(2)15-21(17-6-10-19(26-3)11-7-17)24-22(25)5-4-14-27-20-12-8-18(23)9-13-20/h6-13,16,21H,4-5,14-15H2,1-3H3,(H,24,25)/t21-/m0/s1. The molecule has 0 aliphatic carbocycles. The van der Waals surface area contributed by atoms with Crippen LogP contribution in [0, 0.1) is 5.92 Å². The Morgan fingerprint density at radius 1 is 1.04 bits per heavy atom. The first kappa shape index (κ1) is 21.1. The summed E-state index contributed by atoms with van der Waals surface area (Å²) in [4.78, 5) is 12.4. The van der Waals surface area contributed by atoms with E-state index in [2.05, 4.69) is 19.2 Å². The second kappa shape index (κ2) is 10.8. The largest absolute Gasteiger partial charge is 0.497 e. The monoisotopic (exact) mass is 389 g/mol. The first-order valence-corrected chi connectivity index (χ1v) is 9.67. The van der Waals surface area contributed by atoms with E-state index >= 15 is 0 Å². The van der Waals surface area contributed by atoms with Crippen LogP contribution in [0.1, 0.15) is 44.7 Å². The number of hydrogen-bond donors (Lipinski definition) is 1. The lowest BCUT2D eigenvalue weighted by Gasteiger charge is -2.21. The van der Waals surface area contributed by atoms with Crippen molar-refractivity contribution >= 4 is 17.5 Å². The van der Waals surface area contributed by atoms with E-state index in [1.54, 1.807) is 19.2 Å². The SMILES string of the molecule is COc1ccc([C@H](CC(C)C)NC(=O)CCCOc2ccc(Cl)cc2)cc1. The summed E-state index contributed by atoms with van der Waals surface area (Å²) in [6.07, 6.45) is 1.98. The maximum absolute atomic E-state index is 12.4. The van der Waals surface area contributed by atoms with E-state index in [1.807, 2.05) is 36.4 Å². The molecule has 2 aromatic carbocycles. The highest BCUT2D eigenvalue weighted by atomic mass is 35.5. The average Bonchev–Trinajstić information content (AvgIpc) is 2.66. The van der Waals surface area contributed by atoms with Crippen molar-refractivity contribution in [1.82, 2.24) is 5.32 Å². The van der Waals surface area contributed by atoms with E-state index in [-0.39, 0.29) is 11.9 Å². The molecule has 27 heavy (non-hydrogen) atoms. The molecule has 2 aromatic rings. The van der Waals surface area contributed by atoms with Crippen LogP contribution in [0.4, 0.5) is 0 Å². The van der Waals surface area contributed by atoms with Crippen molar-refractivity contribution in [2.24, 2.45) is 5.92 Å². The molecule has 1 amide bonds. The Hall–Kier alpha value is -2.20. The van der Waals surface area contributed by atoms with Crippen molar-refractivity contribution in [2.75, 3.05) is 13.7 Å². The molecule has 1 N–H and O–H groups in total. The molecule has 0 fully saturated rings. The molecule has 1 atom stereocenters. The van der Waals surface area contributed by atoms with E-state index in [4.69, 9.17) is 21.1 Å². The lowest BCUT2D eigenvalue weighted by atomic mass is 9.96. The van der Waals surface area contributed by atoms with Gasteiger partial charge in [0, 0.05) is 11.4 Å². The first-order chi connectivity index (χ1) is 13.0. The number of hydrogen-bond acceptors (Lipinski definition) is 3. The van der Waals surface area contributed by atoms with Crippen LogP contribution < -0.4 is 14.8 Å². The van der Waals surface area contributed by atoms with Crippen LogP contribution in [0.15, 0.2) is 48.5 Å². The van der Waals surface area contributed by atoms with Gasteiger partial charge in [0.25, 0.3) is 0 Å². The summed E-state index contributed by atoms with van der Waals surface area (Å²) in [7, 11) is 1.65. The van der Waals surface area contributed by atoms with Gasteiger partial charge < -0.3 is 14.8 Å². The third-order valence-electron chi connectivity index (χ3n) is 4.19. The lowest BCUT2D eigenvalue weighted by Crippen LogP contribution is -2.29. The molecule has 4 nitrogen and oxygen atoms in total. The summed E-state index contributed by atoms with van der Waals surface area (Å²) >= 11 is 5.85. The number of rotatable bonds is 10. The molecule has 0 aliphatic heterocycles. The molecule has 2 rings (SSSR count). The molecule has 0 aromatic heterocycles. The van der Waals surface area contributed by atoms with Crippen molar-refractivity contribution in [2.45, 2.75) is 39.2 Å². The third-order valence-corrected chi connectivity index (χ3v) is 4.44. The number of halogens is 1. The summed E-state index contributed by atoms with van der Waals surface area (Å²) in [5.74, 6) is 2.09. The average molecular weight is 390 g/mol. The van der Waals surface area contributed by atoms with Crippen molar-refractivity contribution < 1.29 is 14.3 Å². The maximum Gasteiger partial charge on any atom is 0.220 e. The first-order valence-electron chi connectivity index (χ1n) is 9.29. The van der Waals surface area contributed by atoms with E-state index < -0.39 is 0 Å². The Bertz CT molecular complexity index is 699. The maximum atomic E-state index is 12.4. The van der Waals surface area contributed by atoms with Crippen molar-refractivity contribution in [1.29, 1.82) is 0 Å². The van der Waals surface area contributed by atoms with Crippen molar-refractivity contribution in [3.63, 3.8) is 0 Å². The third kappa shape index (κ3) is 7.51.